The van der Waals surface area contributed by atoms with Crippen molar-refractivity contribution in [2.45, 2.75) is 30.6 Å². The Kier molecular flexibility index (Phi) is 3.66. The van der Waals surface area contributed by atoms with Gasteiger partial charge >= 0.3 is 0 Å². The molecule has 1 aliphatic rings. The molecule has 0 spiro atoms. The first-order chi connectivity index (χ1) is 9.95. The summed E-state index contributed by atoms with van der Waals surface area (Å²) in [6.07, 6.45) is 8.47. The highest BCUT2D eigenvalue weighted by Crippen LogP contribution is 2.34. The molecule has 2 aromatic rings. The first-order valence-corrected chi connectivity index (χ1v) is 8.87. The lowest BCUT2D eigenvalue weighted by Crippen LogP contribution is -2.27. The average molecular weight is 328 g/mol. The second-order valence-corrected chi connectivity index (χ2v) is 7.79. The van der Waals surface area contributed by atoms with Crippen LogP contribution in [-0.4, -0.2) is 44.9 Å². The van der Waals surface area contributed by atoms with Crippen LogP contribution >= 0.6 is 11.6 Å². The fourth-order valence-electron chi connectivity index (χ4n) is 2.72. The van der Waals surface area contributed by atoms with Crippen LogP contribution < -0.4 is 0 Å². The fourth-order valence-corrected chi connectivity index (χ4v) is 4.25. The largest absolute Gasteiger partial charge is 0.248 e. The molecule has 0 aliphatic heterocycles. The second kappa shape index (κ2) is 5.34. The summed E-state index contributed by atoms with van der Waals surface area (Å²) in [4.78, 5) is 7.80. The van der Waals surface area contributed by atoms with Gasteiger partial charge in [0.2, 0.25) is 5.28 Å². The number of halogens is 1. The number of nitrogens with zero attached hydrogens (tertiary/aromatic N) is 5. The highest BCUT2D eigenvalue weighted by Gasteiger charge is 2.36. The van der Waals surface area contributed by atoms with Crippen molar-refractivity contribution in [2.75, 3.05) is 6.26 Å². The number of rotatable bonds is 3. The summed E-state index contributed by atoms with van der Waals surface area (Å²) in [5.74, 6) is 0. The van der Waals surface area contributed by atoms with Gasteiger partial charge in [0.25, 0.3) is 0 Å². The van der Waals surface area contributed by atoms with Gasteiger partial charge in [-0.3, -0.25) is 0 Å². The predicted molar refractivity (Wildman–Crippen MR) is 77.6 cm³/mol. The molecule has 2 heterocycles. The van der Waals surface area contributed by atoms with E-state index in [0.29, 0.717) is 17.7 Å². The molecule has 2 atom stereocenters. The van der Waals surface area contributed by atoms with E-state index in [1.165, 1.54) is 6.26 Å². The van der Waals surface area contributed by atoms with Crippen LogP contribution in [0.1, 0.15) is 25.3 Å². The van der Waals surface area contributed by atoms with Crippen molar-refractivity contribution in [1.29, 1.82) is 0 Å². The Balaban J connectivity index is 1.90. The van der Waals surface area contributed by atoms with Gasteiger partial charge in [-0.2, -0.15) is 0 Å². The lowest BCUT2D eigenvalue weighted by Gasteiger charge is -2.17. The van der Waals surface area contributed by atoms with E-state index in [1.54, 1.807) is 23.3 Å². The minimum Gasteiger partial charge on any atom is -0.248 e. The summed E-state index contributed by atoms with van der Waals surface area (Å²) in [7, 11) is -3.09. The molecular formula is C12H14ClN5O2S. The van der Waals surface area contributed by atoms with E-state index in [1.807, 2.05) is 0 Å². The van der Waals surface area contributed by atoms with Crippen LogP contribution in [0.25, 0.3) is 11.3 Å². The lowest BCUT2D eigenvalue weighted by molar-refractivity contribution is 0.447. The highest BCUT2D eigenvalue weighted by atomic mass is 35.5. The van der Waals surface area contributed by atoms with Crippen LogP contribution in [0.4, 0.5) is 0 Å². The van der Waals surface area contributed by atoms with Gasteiger partial charge in [0, 0.05) is 24.2 Å². The molecule has 9 heteroatoms. The molecule has 7 nitrogen and oxygen atoms in total. The summed E-state index contributed by atoms with van der Waals surface area (Å²) < 4.78 is 25.3. The molecule has 2 aromatic heterocycles. The molecule has 0 aromatic carbocycles. The van der Waals surface area contributed by atoms with Crippen LogP contribution in [0.15, 0.2) is 18.6 Å². The molecule has 21 heavy (non-hydrogen) atoms. The van der Waals surface area contributed by atoms with Crippen LogP contribution in [0.3, 0.4) is 0 Å². The Labute approximate surface area is 127 Å². The van der Waals surface area contributed by atoms with Crippen molar-refractivity contribution in [2.24, 2.45) is 0 Å². The minimum absolute atomic E-state index is 0.158. The van der Waals surface area contributed by atoms with E-state index >= 15 is 0 Å². The third-order valence-electron chi connectivity index (χ3n) is 3.73. The van der Waals surface area contributed by atoms with E-state index in [9.17, 15) is 8.42 Å². The number of hydrogen-bond acceptors (Lipinski definition) is 6. The van der Waals surface area contributed by atoms with E-state index in [4.69, 9.17) is 11.6 Å². The summed E-state index contributed by atoms with van der Waals surface area (Å²) >= 11 is 5.65. The van der Waals surface area contributed by atoms with Crippen LogP contribution in [-0.2, 0) is 9.84 Å². The van der Waals surface area contributed by atoms with Crippen LogP contribution in [0, 0.1) is 0 Å². The van der Waals surface area contributed by atoms with E-state index < -0.39 is 15.1 Å². The monoisotopic (exact) mass is 327 g/mol. The lowest BCUT2D eigenvalue weighted by atomic mass is 10.2. The van der Waals surface area contributed by atoms with Gasteiger partial charge < -0.3 is 0 Å². The SMILES string of the molecule is CS(=O)(=O)[C@@H]1CCC[C@H]1n1cc(-c2cnc(Cl)nc2)nn1. The normalized spacial score (nSPS) is 22.6. The molecule has 1 fully saturated rings. The van der Waals surface area contributed by atoms with Crippen molar-refractivity contribution in [3.8, 4) is 11.3 Å². The zero-order valence-corrected chi connectivity index (χ0v) is 12.9. The fraction of sp³-hybridized carbons (Fsp3) is 0.500. The molecule has 0 N–H and O–H groups in total. The smallest absolute Gasteiger partial charge is 0.222 e. The predicted octanol–water partition coefficient (Wildman–Crippen LogP) is 1.53. The Morgan fingerprint density at radius 2 is 2.00 bits per heavy atom. The maximum atomic E-state index is 11.8. The Bertz CT molecular complexity index is 743. The maximum absolute atomic E-state index is 11.8. The zero-order valence-electron chi connectivity index (χ0n) is 11.3. The first kappa shape index (κ1) is 14.4. The van der Waals surface area contributed by atoms with Gasteiger partial charge in [-0.25, -0.2) is 23.1 Å². The molecule has 0 radical (unpaired) electrons. The molecule has 0 amide bonds. The van der Waals surface area contributed by atoms with E-state index in [2.05, 4.69) is 20.3 Å². The highest BCUT2D eigenvalue weighted by molar-refractivity contribution is 7.91. The maximum Gasteiger partial charge on any atom is 0.222 e. The average Bonchev–Trinajstić information content (AvgIpc) is 3.07. The van der Waals surface area contributed by atoms with Gasteiger partial charge in [-0.05, 0) is 30.9 Å². The molecular weight excluding hydrogens is 314 g/mol. The number of hydrogen-bond donors (Lipinski definition) is 0. The molecule has 112 valence electrons. The summed E-state index contributed by atoms with van der Waals surface area (Å²) in [6, 6.07) is -0.158. The first-order valence-electron chi connectivity index (χ1n) is 6.54. The Hall–Kier alpha value is -1.54. The number of sulfone groups is 1. The third-order valence-corrected chi connectivity index (χ3v) is 5.58. The second-order valence-electron chi connectivity index (χ2n) is 5.19. The van der Waals surface area contributed by atoms with Crippen molar-refractivity contribution in [3.63, 3.8) is 0 Å². The van der Waals surface area contributed by atoms with Gasteiger partial charge in [-0.15, -0.1) is 5.10 Å². The zero-order chi connectivity index (χ0) is 15.0. The van der Waals surface area contributed by atoms with Gasteiger partial charge in [0.1, 0.15) is 5.69 Å². The van der Waals surface area contributed by atoms with Gasteiger partial charge in [0.05, 0.1) is 17.5 Å². The van der Waals surface area contributed by atoms with Crippen LogP contribution in [0.2, 0.25) is 5.28 Å². The van der Waals surface area contributed by atoms with E-state index in [0.717, 1.165) is 12.8 Å². The third kappa shape index (κ3) is 2.91. The van der Waals surface area contributed by atoms with Crippen molar-refractivity contribution in [3.05, 3.63) is 23.9 Å². The summed E-state index contributed by atoms with van der Waals surface area (Å²) in [6.45, 7) is 0. The molecule has 1 saturated carbocycles. The van der Waals surface area contributed by atoms with Crippen molar-refractivity contribution < 1.29 is 8.42 Å². The molecule has 1 aliphatic carbocycles. The quantitative estimate of drug-likeness (QED) is 0.794. The molecule has 0 saturated heterocycles. The summed E-state index contributed by atoms with van der Waals surface area (Å²) in [5, 5.41) is 7.92. The van der Waals surface area contributed by atoms with Crippen molar-refractivity contribution in [1.82, 2.24) is 25.0 Å². The van der Waals surface area contributed by atoms with Gasteiger partial charge in [0.15, 0.2) is 9.84 Å². The number of aromatic nitrogens is 5. The van der Waals surface area contributed by atoms with Crippen molar-refractivity contribution >= 4 is 21.4 Å². The van der Waals surface area contributed by atoms with Crippen LogP contribution in [0.5, 0.6) is 0 Å². The Morgan fingerprint density at radius 3 is 2.67 bits per heavy atom. The molecule has 3 rings (SSSR count). The standard InChI is InChI=1S/C12H14ClN5O2S/c1-21(19,20)11-4-2-3-10(11)18-7-9(16-17-18)8-5-14-12(13)15-6-8/h5-7,10-11H,2-4H2,1H3/t10-,11-/m1/s1. The summed E-state index contributed by atoms with van der Waals surface area (Å²) in [5.41, 5.74) is 1.30. The Morgan fingerprint density at radius 1 is 1.29 bits per heavy atom. The molecule has 0 unspecified atom stereocenters. The topological polar surface area (TPSA) is 90.6 Å². The molecule has 0 bridgehead atoms. The van der Waals surface area contributed by atoms with Gasteiger partial charge in [-0.1, -0.05) is 5.21 Å². The minimum atomic E-state index is -3.09. The van der Waals surface area contributed by atoms with E-state index in [-0.39, 0.29) is 11.3 Å².